The largest absolute Gasteiger partial charge is 0.497 e. The molecule has 12 rings (SSSR count). The number of Topliss-reactive ketones (excluding diaryl/α,β-unsaturated/α-hetero) is 3. The molecule has 4 fully saturated rings. The number of nitrogens with zero attached hydrogens (tertiary/aromatic N) is 9. The number of aryl methyl sites for hydroxylation is 1. The maximum Gasteiger partial charge on any atom is 0.303 e. The molecule has 4 aliphatic heterocycles. The lowest BCUT2D eigenvalue weighted by Gasteiger charge is -2.36. The number of aliphatic carboxylic acids is 4. The smallest absolute Gasteiger partial charge is 0.303 e. The van der Waals surface area contributed by atoms with Crippen LogP contribution in [0.4, 0.5) is 27.3 Å². The topological polar surface area (TPSA) is 295 Å². The summed E-state index contributed by atoms with van der Waals surface area (Å²) in [5.41, 5.74) is 5.74. The molecule has 0 radical (unpaired) electrons. The maximum atomic E-state index is 13.9. The molecule has 4 aliphatic rings. The third-order valence-electron chi connectivity index (χ3n) is 20.5. The minimum atomic E-state index is -0.979. The number of carbonyl (C=O) groups excluding carboxylic acids is 3. The molecule has 4 saturated heterocycles. The number of ether oxygens (including phenoxy) is 6. The molecule has 0 atom stereocenters. The average Bonchev–Trinajstić information content (AvgIpc) is 0.843. The van der Waals surface area contributed by atoms with Crippen LogP contribution in [-0.4, -0.2) is 258 Å². The van der Waals surface area contributed by atoms with Crippen molar-refractivity contribution in [1.82, 2.24) is 24.6 Å². The highest BCUT2D eigenvalue weighted by atomic mass is 19.1. The molecule has 8 aromatic rings. The van der Waals surface area contributed by atoms with E-state index in [0.29, 0.717) is 66.1 Å². The molecule has 7 aromatic carbocycles. The number of anilines is 4. The number of halogens is 1. The minimum absolute atomic E-state index is 0.00556. The summed E-state index contributed by atoms with van der Waals surface area (Å²) >= 11 is 0. The van der Waals surface area contributed by atoms with E-state index < -0.39 is 23.9 Å². The van der Waals surface area contributed by atoms with Gasteiger partial charge in [-0.1, -0.05) is 48.5 Å². The van der Waals surface area contributed by atoms with Gasteiger partial charge in [0.1, 0.15) is 72.6 Å². The van der Waals surface area contributed by atoms with E-state index in [0.717, 1.165) is 173 Å². The minimum Gasteiger partial charge on any atom is -0.497 e. The Morgan fingerprint density at radius 1 is 0.350 bits per heavy atom. The second-order valence-corrected chi connectivity index (χ2v) is 28.5. The highest BCUT2D eigenvalue weighted by Gasteiger charge is 2.24. The normalized spacial score (nSPS) is 14.5. The molecular formula is C90H110FN9O17. The number of piperazine rings is 4. The van der Waals surface area contributed by atoms with E-state index in [-0.39, 0.29) is 68.1 Å². The first-order chi connectivity index (χ1) is 56.8. The molecule has 0 aliphatic carbocycles. The predicted molar refractivity (Wildman–Crippen MR) is 448 cm³/mol. The zero-order valence-electron chi connectivity index (χ0n) is 67.0. The fraction of sp³-hybridized carbons (Fsp3) is 0.400. The number of unbranched alkanes of at least 4 members (excludes halogenated alkanes) is 1. The first-order valence-electron chi connectivity index (χ1n) is 40.0. The lowest BCUT2D eigenvalue weighted by atomic mass is 10.1. The fourth-order valence-electron chi connectivity index (χ4n) is 13.6. The Balaban J connectivity index is 0.000000178. The molecule has 27 heteroatoms. The second kappa shape index (κ2) is 48.7. The van der Waals surface area contributed by atoms with Crippen LogP contribution in [0.3, 0.4) is 0 Å². The Morgan fingerprint density at radius 2 is 0.726 bits per heavy atom. The first-order valence-corrected chi connectivity index (χ1v) is 40.0. The van der Waals surface area contributed by atoms with Crippen molar-refractivity contribution in [1.29, 1.82) is 0 Å². The van der Waals surface area contributed by atoms with Crippen LogP contribution in [-0.2, 0) is 25.6 Å². The van der Waals surface area contributed by atoms with Crippen LogP contribution in [0.15, 0.2) is 194 Å². The number of ketones is 3. The predicted octanol–water partition coefficient (Wildman–Crippen LogP) is 12.0. The standard InChI is InChI=1S/C24H32N2O4.C23H28N2O5.C22H25FN2O4.C21H25N3O4/c1-29-23-8-4-3-7-22(23)26-16-14-25(15-17-26)18-19-30-21-12-10-20(11-13-21)6-2-5-9-24(27)28;1-29-21-4-2-3-19(17-21)25-13-11-24(12-14-25)15-16-30-20-7-5-18(6-8-20)22(26)9-10-23(27)28;23-19-3-1-2-4-20(19)25-13-11-24(12-14-25)15-16-29-18-7-5-17(6-8-18)21(26)9-10-22(27)28;25-19(8-9-21(26)27)17-4-6-18(7-5-17)28-16-15-23-11-13-24(14-12-23)20-3-1-2-10-22-20/h3-4,7-8,10-13H,2,5-6,9,14-19H2,1H3,(H,27,28);2-8,17H,9-16H2,1H3,(H,27,28);1-8H,9-16H2,(H,27,28);1-7,10H,8-9,11-16H2,(H,26,27). The van der Waals surface area contributed by atoms with Crippen LogP contribution < -0.4 is 48.0 Å². The van der Waals surface area contributed by atoms with Gasteiger partial charge in [0.2, 0.25) is 0 Å². The number of pyridine rings is 1. The van der Waals surface area contributed by atoms with Gasteiger partial charge in [-0.3, -0.25) is 53.2 Å². The van der Waals surface area contributed by atoms with Crippen molar-refractivity contribution in [2.24, 2.45) is 0 Å². The Hall–Kier alpha value is -11.7. The Kier molecular flexibility index (Phi) is 37.1. The van der Waals surface area contributed by atoms with Gasteiger partial charge in [0.05, 0.1) is 44.9 Å². The molecule has 117 heavy (non-hydrogen) atoms. The van der Waals surface area contributed by atoms with Crippen LogP contribution >= 0.6 is 0 Å². The van der Waals surface area contributed by atoms with Gasteiger partial charge in [-0.05, 0) is 158 Å². The van der Waals surface area contributed by atoms with Gasteiger partial charge in [-0.25, -0.2) is 9.37 Å². The van der Waals surface area contributed by atoms with E-state index in [1.165, 1.54) is 23.0 Å². The lowest BCUT2D eigenvalue weighted by molar-refractivity contribution is -0.138. The van der Waals surface area contributed by atoms with E-state index in [1.807, 2.05) is 72.9 Å². The van der Waals surface area contributed by atoms with Crippen molar-refractivity contribution in [3.63, 3.8) is 0 Å². The summed E-state index contributed by atoms with van der Waals surface area (Å²) in [4.78, 5) is 101. The third-order valence-corrected chi connectivity index (χ3v) is 20.5. The summed E-state index contributed by atoms with van der Waals surface area (Å²) in [7, 11) is 3.40. The quantitative estimate of drug-likeness (QED) is 0.0206. The molecular weight excluding hydrogens is 1500 g/mol. The monoisotopic (exact) mass is 1610 g/mol. The van der Waals surface area contributed by atoms with Gasteiger partial charge in [0.25, 0.3) is 0 Å². The molecule has 624 valence electrons. The molecule has 0 spiro atoms. The third kappa shape index (κ3) is 31.5. The van der Waals surface area contributed by atoms with Crippen molar-refractivity contribution in [3.05, 3.63) is 222 Å². The molecule has 5 heterocycles. The van der Waals surface area contributed by atoms with Gasteiger partial charge >= 0.3 is 23.9 Å². The summed E-state index contributed by atoms with van der Waals surface area (Å²) in [5.74, 6) is 1.46. The van der Waals surface area contributed by atoms with Gasteiger partial charge in [0, 0.05) is 191 Å². The molecule has 0 amide bonds. The SMILES string of the molecule is COc1cccc(N2CCN(CCOc3ccc(C(=O)CCC(=O)O)cc3)CC2)c1.COc1ccccc1N1CCN(CCOc2ccc(CCCCC(=O)O)cc2)CC1.O=C(O)CCC(=O)c1ccc(OCCN2CCN(c3ccccc3F)CC2)cc1.O=C(O)CCC(=O)c1ccc(OCCN2CCN(c3ccccn3)CC2)cc1. The van der Waals surface area contributed by atoms with E-state index in [2.05, 4.69) is 80.6 Å². The zero-order chi connectivity index (χ0) is 82.9. The van der Waals surface area contributed by atoms with Crippen LogP contribution in [0.1, 0.15) is 94.4 Å². The summed E-state index contributed by atoms with van der Waals surface area (Å²) in [6, 6.07) is 57.8. The van der Waals surface area contributed by atoms with E-state index in [4.69, 9.17) is 48.8 Å². The van der Waals surface area contributed by atoms with Crippen molar-refractivity contribution in [2.75, 3.05) is 191 Å². The number of methoxy groups -OCH3 is 2. The van der Waals surface area contributed by atoms with E-state index in [9.17, 15) is 38.0 Å². The van der Waals surface area contributed by atoms with Gasteiger partial charge < -0.3 is 68.4 Å². The number of benzene rings is 7. The molecule has 26 nitrogen and oxygen atoms in total. The van der Waals surface area contributed by atoms with Crippen LogP contribution in [0.5, 0.6) is 34.5 Å². The lowest BCUT2D eigenvalue weighted by Crippen LogP contribution is -2.47. The average molecular weight is 1610 g/mol. The van der Waals surface area contributed by atoms with Crippen LogP contribution in [0, 0.1) is 5.82 Å². The number of rotatable bonds is 39. The van der Waals surface area contributed by atoms with E-state index >= 15 is 0 Å². The molecule has 1 aromatic heterocycles. The molecule has 0 bridgehead atoms. The Bertz CT molecular complexity index is 4350. The number of carbonyl (C=O) groups is 7. The van der Waals surface area contributed by atoms with Crippen molar-refractivity contribution >= 4 is 64.1 Å². The van der Waals surface area contributed by atoms with Crippen LogP contribution in [0.2, 0.25) is 0 Å². The van der Waals surface area contributed by atoms with Gasteiger partial charge in [0.15, 0.2) is 17.3 Å². The number of para-hydroxylation sites is 3. The summed E-state index contributed by atoms with van der Waals surface area (Å²) in [6.07, 6.45) is 4.14. The highest BCUT2D eigenvalue weighted by Crippen LogP contribution is 2.30. The summed E-state index contributed by atoms with van der Waals surface area (Å²) < 4.78 is 47.9. The Morgan fingerprint density at radius 3 is 1.12 bits per heavy atom. The molecule has 0 saturated carbocycles. The fourth-order valence-corrected chi connectivity index (χ4v) is 13.6. The Labute approximate surface area is 684 Å². The maximum absolute atomic E-state index is 13.9. The first kappa shape index (κ1) is 89.3. The number of hydrogen-bond donors (Lipinski definition) is 4. The number of aromatic nitrogens is 1. The highest BCUT2D eigenvalue weighted by molar-refractivity contribution is 5.98. The van der Waals surface area contributed by atoms with Gasteiger partial charge in [-0.2, -0.15) is 0 Å². The summed E-state index contributed by atoms with van der Waals surface area (Å²) in [5, 5.41) is 34.6. The molecule has 4 N–H and O–H groups in total. The van der Waals surface area contributed by atoms with E-state index in [1.54, 1.807) is 93.1 Å². The number of carboxylic acids is 4. The van der Waals surface area contributed by atoms with Crippen molar-refractivity contribution in [2.45, 2.75) is 64.2 Å². The summed E-state index contributed by atoms with van der Waals surface area (Å²) in [6.45, 7) is 20.6. The molecule has 0 unspecified atom stereocenters. The number of hydrogen-bond acceptors (Lipinski definition) is 22. The van der Waals surface area contributed by atoms with Crippen molar-refractivity contribution < 1.29 is 86.8 Å². The van der Waals surface area contributed by atoms with Crippen molar-refractivity contribution in [3.8, 4) is 34.5 Å². The van der Waals surface area contributed by atoms with Crippen LogP contribution in [0.25, 0.3) is 0 Å². The zero-order valence-corrected chi connectivity index (χ0v) is 67.0. The number of carboxylic acid groups (broad SMARTS) is 4. The van der Waals surface area contributed by atoms with Gasteiger partial charge in [-0.15, -0.1) is 0 Å². The second-order valence-electron chi connectivity index (χ2n) is 28.5.